The van der Waals surface area contributed by atoms with E-state index in [9.17, 15) is 19.5 Å². The Kier molecular flexibility index (Phi) is 6.39. The molecule has 0 saturated heterocycles. The molecule has 3 aromatic rings. The molecule has 0 unspecified atom stereocenters. The lowest BCUT2D eigenvalue weighted by Gasteiger charge is -2.15. The van der Waals surface area contributed by atoms with Crippen molar-refractivity contribution >= 4 is 28.4 Å². The Morgan fingerprint density at radius 2 is 1.87 bits per heavy atom. The van der Waals surface area contributed by atoms with Crippen molar-refractivity contribution in [3.05, 3.63) is 53.1 Å². The van der Waals surface area contributed by atoms with Crippen molar-refractivity contribution < 1.29 is 24.2 Å². The van der Waals surface area contributed by atoms with Crippen LogP contribution in [0.4, 0.5) is 5.69 Å². The molecule has 0 aliphatic heterocycles. The molecule has 0 aliphatic rings. The normalized spacial score (nSPS) is 11.6. The molecule has 2 amide bonds. The predicted molar refractivity (Wildman–Crippen MR) is 113 cm³/mol. The van der Waals surface area contributed by atoms with Crippen molar-refractivity contribution in [1.82, 2.24) is 14.9 Å². The van der Waals surface area contributed by atoms with Gasteiger partial charge in [0.15, 0.2) is 11.5 Å². The lowest BCUT2D eigenvalue weighted by molar-refractivity contribution is -0.126. The van der Waals surface area contributed by atoms with Gasteiger partial charge in [-0.05, 0) is 25.1 Å². The van der Waals surface area contributed by atoms with Crippen LogP contribution in [-0.2, 0) is 16.1 Å². The average molecular weight is 426 g/mol. The first-order valence-corrected chi connectivity index (χ1v) is 9.32. The molecule has 10 nitrogen and oxygen atoms in total. The molecular weight excluding hydrogens is 404 g/mol. The van der Waals surface area contributed by atoms with E-state index in [0.29, 0.717) is 22.7 Å². The number of nitrogens with zero attached hydrogens (tertiary/aromatic N) is 2. The molecular formula is C21H22N4O6. The molecule has 31 heavy (non-hydrogen) atoms. The van der Waals surface area contributed by atoms with Gasteiger partial charge >= 0.3 is 0 Å². The van der Waals surface area contributed by atoms with Crippen molar-refractivity contribution in [2.24, 2.45) is 0 Å². The predicted octanol–water partition coefficient (Wildman–Crippen LogP) is 1.26. The van der Waals surface area contributed by atoms with Gasteiger partial charge in [-0.15, -0.1) is 0 Å². The fourth-order valence-corrected chi connectivity index (χ4v) is 2.94. The van der Waals surface area contributed by atoms with E-state index in [4.69, 9.17) is 9.47 Å². The highest BCUT2D eigenvalue weighted by Crippen LogP contribution is 2.29. The first kappa shape index (κ1) is 21.6. The molecule has 0 fully saturated rings. The Labute approximate surface area is 177 Å². The van der Waals surface area contributed by atoms with E-state index in [-0.39, 0.29) is 17.7 Å². The molecule has 0 bridgehead atoms. The smallest absolute Gasteiger partial charge is 0.261 e. The van der Waals surface area contributed by atoms with Crippen LogP contribution >= 0.6 is 0 Å². The van der Waals surface area contributed by atoms with E-state index in [1.54, 1.807) is 18.2 Å². The van der Waals surface area contributed by atoms with Crippen LogP contribution in [-0.4, -0.2) is 46.7 Å². The number of carbonyl (C=O) groups is 2. The van der Waals surface area contributed by atoms with Gasteiger partial charge in [-0.3, -0.25) is 19.0 Å². The number of amides is 2. The van der Waals surface area contributed by atoms with Crippen molar-refractivity contribution in [1.29, 1.82) is 0 Å². The zero-order valence-corrected chi connectivity index (χ0v) is 17.2. The number of nitrogens with one attached hydrogen (secondary N) is 2. The largest absolute Gasteiger partial charge is 0.508 e. The molecule has 1 aromatic heterocycles. The van der Waals surface area contributed by atoms with Crippen LogP contribution in [0.2, 0.25) is 0 Å². The summed E-state index contributed by atoms with van der Waals surface area (Å²) >= 11 is 0. The van der Waals surface area contributed by atoms with E-state index in [1.165, 1.54) is 45.7 Å². The second-order valence-electron chi connectivity index (χ2n) is 6.73. The van der Waals surface area contributed by atoms with Gasteiger partial charge in [0.1, 0.15) is 18.3 Å². The summed E-state index contributed by atoms with van der Waals surface area (Å²) in [6, 6.07) is 8.26. The molecule has 1 heterocycles. The summed E-state index contributed by atoms with van der Waals surface area (Å²) in [6.45, 7) is 1.19. The van der Waals surface area contributed by atoms with E-state index in [2.05, 4.69) is 15.6 Å². The molecule has 3 N–H and O–H groups in total. The Bertz CT molecular complexity index is 1190. The van der Waals surface area contributed by atoms with Gasteiger partial charge in [0.2, 0.25) is 11.8 Å². The third kappa shape index (κ3) is 4.92. The highest BCUT2D eigenvalue weighted by Gasteiger charge is 2.17. The minimum atomic E-state index is -0.872. The van der Waals surface area contributed by atoms with Crippen LogP contribution in [0, 0.1) is 0 Å². The minimum absolute atomic E-state index is 0.00641. The van der Waals surface area contributed by atoms with Crippen LogP contribution in [0.15, 0.2) is 47.5 Å². The number of phenols is 1. The summed E-state index contributed by atoms with van der Waals surface area (Å²) < 4.78 is 11.6. The van der Waals surface area contributed by atoms with E-state index in [0.717, 1.165) is 4.57 Å². The first-order valence-electron chi connectivity index (χ1n) is 9.32. The Morgan fingerprint density at radius 3 is 2.55 bits per heavy atom. The van der Waals surface area contributed by atoms with Gasteiger partial charge in [0, 0.05) is 17.8 Å². The van der Waals surface area contributed by atoms with Gasteiger partial charge in [0.05, 0.1) is 31.4 Å². The maximum Gasteiger partial charge on any atom is 0.261 e. The van der Waals surface area contributed by atoms with E-state index >= 15 is 0 Å². The summed E-state index contributed by atoms with van der Waals surface area (Å²) in [5.41, 5.74) is 0.363. The van der Waals surface area contributed by atoms with Crippen molar-refractivity contribution in [2.45, 2.75) is 19.5 Å². The molecule has 10 heteroatoms. The summed E-state index contributed by atoms with van der Waals surface area (Å²) in [5.74, 6) is -0.203. The number of anilines is 1. The maximum absolute atomic E-state index is 12.8. The molecule has 3 rings (SSSR count). The number of fused-ring (bicyclic) bond motifs is 1. The Hall–Kier alpha value is -4.08. The minimum Gasteiger partial charge on any atom is -0.508 e. The average Bonchev–Trinajstić information content (AvgIpc) is 2.74. The summed E-state index contributed by atoms with van der Waals surface area (Å²) in [6.07, 6.45) is 1.26. The quantitative estimate of drug-likeness (QED) is 0.518. The number of benzene rings is 2. The molecule has 0 spiro atoms. The molecule has 2 aromatic carbocycles. The lowest BCUT2D eigenvalue weighted by atomic mass is 10.2. The van der Waals surface area contributed by atoms with Crippen molar-refractivity contribution in [2.75, 3.05) is 19.5 Å². The number of ether oxygens (including phenoxy) is 2. The van der Waals surface area contributed by atoms with Crippen LogP contribution in [0.1, 0.15) is 6.92 Å². The molecule has 162 valence electrons. The van der Waals surface area contributed by atoms with Gasteiger partial charge in [-0.25, -0.2) is 4.98 Å². The number of rotatable bonds is 7. The van der Waals surface area contributed by atoms with Crippen LogP contribution in [0.5, 0.6) is 17.2 Å². The number of hydrogen-bond acceptors (Lipinski definition) is 7. The fourth-order valence-electron chi connectivity index (χ4n) is 2.94. The standard InChI is InChI=1S/C21H22N4O6/c1-12(20(28)24-13-5-4-6-14(26)7-13)23-19(27)10-25-11-22-16-9-18(31-3)17(30-2)8-15(16)21(25)29/h4-9,11-12,26H,10H2,1-3H3,(H,23,27)(H,24,28)/t12-/m0/s1. The van der Waals surface area contributed by atoms with Crippen LogP contribution < -0.4 is 25.7 Å². The molecule has 0 aliphatic carbocycles. The first-order chi connectivity index (χ1) is 14.8. The Balaban J connectivity index is 1.71. The number of aromatic hydroxyl groups is 1. The monoisotopic (exact) mass is 426 g/mol. The molecule has 0 saturated carbocycles. The topological polar surface area (TPSA) is 132 Å². The van der Waals surface area contributed by atoms with Crippen molar-refractivity contribution in [3.8, 4) is 17.2 Å². The zero-order valence-electron chi connectivity index (χ0n) is 17.2. The highest BCUT2D eigenvalue weighted by atomic mass is 16.5. The van der Waals surface area contributed by atoms with Gasteiger partial charge in [-0.1, -0.05) is 6.07 Å². The summed E-state index contributed by atoms with van der Waals surface area (Å²) in [5, 5.41) is 14.9. The second kappa shape index (κ2) is 9.16. The van der Waals surface area contributed by atoms with E-state index in [1.807, 2.05) is 0 Å². The third-order valence-electron chi connectivity index (χ3n) is 4.53. The van der Waals surface area contributed by atoms with Crippen LogP contribution in [0.3, 0.4) is 0 Å². The number of hydrogen-bond donors (Lipinski definition) is 3. The molecule has 1 atom stereocenters. The van der Waals surface area contributed by atoms with Crippen molar-refractivity contribution in [3.63, 3.8) is 0 Å². The highest BCUT2D eigenvalue weighted by molar-refractivity contribution is 5.97. The third-order valence-corrected chi connectivity index (χ3v) is 4.53. The Morgan fingerprint density at radius 1 is 1.16 bits per heavy atom. The van der Waals surface area contributed by atoms with Gasteiger partial charge < -0.3 is 25.2 Å². The number of phenolic OH excluding ortho intramolecular Hbond substituents is 1. The maximum atomic E-state index is 12.8. The summed E-state index contributed by atoms with van der Waals surface area (Å²) in [4.78, 5) is 41.6. The number of aromatic nitrogens is 2. The lowest BCUT2D eigenvalue weighted by Crippen LogP contribution is -2.43. The number of methoxy groups -OCH3 is 2. The van der Waals surface area contributed by atoms with E-state index < -0.39 is 23.4 Å². The zero-order chi connectivity index (χ0) is 22.5. The molecule has 0 radical (unpaired) electrons. The van der Waals surface area contributed by atoms with Gasteiger partial charge in [0.25, 0.3) is 5.56 Å². The fraction of sp³-hybridized carbons (Fsp3) is 0.238. The SMILES string of the molecule is COc1cc2ncn(CC(=O)N[C@@H](C)C(=O)Nc3cccc(O)c3)c(=O)c2cc1OC. The van der Waals surface area contributed by atoms with Crippen LogP contribution in [0.25, 0.3) is 10.9 Å². The summed E-state index contributed by atoms with van der Waals surface area (Å²) in [7, 11) is 2.93. The van der Waals surface area contributed by atoms with Gasteiger partial charge in [-0.2, -0.15) is 0 Å². The number of carbonyl (C=O) groups excluding carboxylic acids is 2. The second-order valence-corrected chi connectivity index (χ2v) is 6.73.